The number of hydrogen-bond donors (Lipinski definition) is 0. The average Bonchev–Trinajstić information content (AvgIpc) is 3.94. The molecular weight excluding hydrogens is 707 g/mol. The fourth-order valence-corrected chi connectivity index (χ4v) is 9.55. The second kappa shape index (κ2) is 11.8. The molecule has 5 aromatic heterocycles. The second-order valence-corrected chi connectivity index (χ2v) is 15.2. The van der Waals surface area contributed by atoms with Gasteiger partial charge in [0.2, 0.25) is 0 Å². The predicted octanol–water partition coefficient (Wildman–Crippen LogP) is 13.4. The molecule has 0 radical (unpaired) electrons. The Balaban J connectivity index is 1.05. The van der Waals surface area contributed by atoms with Crippen LogP contribution < -0.4 is 0 Å². The van der Waals surface area contributed by atoms with Crippen molar-refractivity contribution >= 4 is 81.7 Å². The van der Waals surface area contributed by atoms with Crippen LogP contribution in [0.25, 0.3) is 121 Å². The van der Waals surface area contributed by atoms with E-state index in [0.717, 1.165) is 44.7 Å². The third-order valence-corrected chi connectivity index (χ3v) is 12.1. The van der Waals surface area contributed by atoms with Gasteiger partial charge in [-0.25, -0.2) is 9.97 Å². The Labute approximate surface area is 332 Å². The minimum absolute atomic E-state index is 0.664. The summed E-state index contributed by atoms with van der Waals surface area (Å²) in [6.07, 6.45) is 1.92. The summed E-state index contributed by atoms with van der Waals surface area (Å²) in [6, 6.07) is 65.0. The Morgan fingerprint density at radius 1 is 0.397 bits per heavy atom. The van der Waals surface area contributed by atoms with E-state index in [9.17, 15) is 0 Å². The standard InChI is InChI=1S/C53H31N5/c1-3-12-32(13-4-1)36-30-43-50(54-31-36)49(34-15-5-2-6-16-34)56-53(55-43)35-22-25-37(26-23-35)57-45-28-29-46-47(48(45)42-27-24-33-14-7-8-17-38(33)51(42)57)41-20-11-19-40-39-18-9-10-21-44(39)58(46)52(40)41/h1-31H. The number of pyridine rings is 1. The molecule has 0 aliphatic heterocycles. The summed E-state index contributed by atoms with van der Waals surface area (Å²) >= 11 is 0. The Hall–Kier alpha value is -7.89. The molecule has 5 heterocycles. The summed E-state index contributed by atoms with van der Waals surface area (Å²) in [5.74, 6) is 0.664. The first-order valence-electron chi connectivity index (χ1n) is 19.7. The molecule has 5 nitrogen and oxygen atoms in total. The third kappa shape index (κ3) is 4.33. The van der Waals surface area contributed by atoms with Gasteiger partial charge in [0, 0.05) is 66.3 Å². The minimum Gasteiger partial charge on any atom is -0.309 e. The zero-order valence-corrected chi connectivity index (χ0v) is 31.1. The number of fused-ring (bicyclic) bond motifs is 13. The molecule has 58 heavy (non-hydrogen) atoms. The maximum Gasteiger partial charge on any atom is 0.160 e. The van der Waals surface area contributed by atoms with Crippen LogP contribution in [0.3, 0.4) is 0 Å². The van der Waals surface area contributed by atoms with E-state index < -0.39 is 0 Å². The van der Waals surface area contributed by atoms with Crippen LogP contribution in [-0.2, 0) is 0 Å². The van der Waals surface area contributed by atoms with Gasteiger partial charge in [0.05, 0.1) is 33.1 Å². The molecule has 0 atom stereocenters. The highest BCUT2D eigenvalue weighted by molar-refractivity contribution is 6.34. The van der Waals surface area contributed by atoms with Gasteiger partial charge in [0.25, 0.3) is 0 Å². The van der Waals surface area contributed by atoms with Gasteiger partial charge < -0.3 is 8.97 Å². The van der Waals surface area contributed by atoms with Crippen LogP contribution in [-0.4, -0.2) is 23.9 Å². The van der Waals surface area contributed by atoms with E-state index in [1.807, 2.05) is 30.5 Å². The predicted molar refractivity (Wildman–Crippen MR) is 240 cm³/mol. The molecule has 0 aliphatic carbocycles. The molecule has 0 aliphatic rings. The SMILES string of the molecule is c1ccc(-c2cnc3c(-c4ccccc4)nc(-c4ccc(-n5c6ccc7c(c8cccc9c%10ccccc%10n7c98)c6c6ccc7ccccc7c65)cc4)nc3c2)cc1. The summed E-state index contributed by atoms with van der Waals surface area (Å²) in [4.78, 5) is 15.3. The number of para-hydroxylation sites is 2. The van der Waals surface area contributed by atoms with E-state index in [0.29, 0.717) is 5.82 Å². The van der Waals surface area contributed by atoms with E-state index in [1.54, 1.807) is 0 Å². The number of nitrogens with zero attached hydrogens (tertiary/aromatic N) is 5. The maximum atomic E-state index is 5.19. The topological polar surface area (TPSA) is 48.0 Å². The van der Waals surface area contributed by atoms with Crippen LogP contribution in [0.2, 0.25) is 0 Å². The third-order valence-electron chi connectivity index (χ3n) is 12.1. The van der Waals surface area contributed by atoms with Crippen LogP contribution in [0.15, 0.2) is 188 Å². The first-order chi connectivity index (χ1) is 28.8. The Kier molecular flexibility index (Phi) is 6.38. The lowest BCUT2D eigenvalue weighted by atomic mass is 10.0. The first kappa shape index (κ1) is 31.3. The van der Waals surface area contributed by atoms with Crippen molar-refractivity contribution in [2.45, 2.75) is 0 Å². The summed E-state index contributed by atoms with van der Waals surface area (Å²) in [6.45, 7) is 0. The van der Waals surface area contributed by atoms with Crippen LogP contribution in [0, 0.1) is 0 Å². The zero-order valence-electron chi connectivity index (χ0n) is 31.1. The molecule has 8 aromatic carbocycles. The monoisotopic (exact) mass is 737 g/mol. The molecule has 0 amide bonds. The molecule has 13 rings (SSSR count). The average molecular weight is 738 g/mol. The fourth-order valence-electron chi connectivity index (χ4n) is 9.55. The van der Waals surface area contributed by atoms with Gasteiger partial charge in [-0.05, 0) is 59.5 Å². The number of aromatic nitrogens is 5. The minimum atomic E-state index is 0.664. The Morgan fingerprint density at radius 2 is 1.07 bits per heavy atom. The lowest BCUT2D eigenvalue weighted by Crippen LogP contribution is -1.98. The molecule has 0 N–H and O–H groups in total. The summed E-state index contributed by atoms with van der Waals surface area (Å²) in [5, 5.41) is 10.1. The van der Waals surface area contributed by atoms with Crippen molar-refractivity contribution < 1.29 is 0 Å². The Morgan fingerprint density at radius 3 is 1.91 bits per heavy atom. The van der Waals surface area contributed by atoms with Gasteiger partial charge >= 0.3 is 0 Å². The summed E-state index contributed by atoms with van der Waals surface area (Å²) < 4.78 is 4.93. The van der Waals surface area contributed by atoms with Gasteiger partial charge in [-0.3, -0.25) is 4.98 Å². The van der Waals surface area contributed by atoms with E-state index in [-0.39, 0.29) is 0 Å². The summed E-state index contributed by atoms with van der Waals surface area (Å²) in [5.41, 5.74) is 13.7. The smallest absolute Gasteiger partial charge is 0.160 e. The van der Waals surface area contributed by atoms with Gasteiger partial charge in [-0.1, -0.05) is 133 Å². The zero-order chi connectivity index (χ0) is 37.9. The van der Waals surface area contributed by atoms with E-state index >= 15 is 0 Å². The van der Waals surface area contributed by atoms with Crippen molar-refractivity contribution in [2.75, 3.05) is 0 Å². The van der Waals surface area contributed by atoms with E-state index in [2.05, 4.69) is 167 Å². The van der Waals surface area contributed by atoms with Crippen LogP contribution in [0.1, 0.15) is 0 Å². The number of rotatable bonds is 4. The second-order valence-electron chi connectivity index (χ2n) is 15.2. The molecule has 13 aromatic rings. The highest BCUT2D eigenvalue weighted by Crippen LogP contribution is 2.46. The van der Waals surface area contributed by atoms with Crippen LogP contribution in [0.5, 0.6) is 0 Å². The van der Waals surface area contributed by atoms with Crippen molar-refractivity contribution in [3.8, 4) is 39.5 Å². The summed E-state index contributed by atoms with van der Waals surface area (Å²) in [7, 11) is 0. The highest BCUT2D eigenvalue weighted by Gasteiger charge is 2.23. The quantitative estimate of drug-likeness (QED) is 0.181. The van der Waals surface area contributed by atoms with Crippen molar-refractivity contribution in [3.63, 3.8) is 0 Å². The van der Waals surface area contributed by atoms with Gasteiger partial charge in [-0.2, -0.15) is 0 Å². The Bertz CT molecular complexity index is 3770. The lowest BCUT2D eigenvalue weighted by Gasteiger charge is -2.12. The lowest BCUT2D eigenvalue weighted by molar-refractivity contribution is 1.18. The fraction of sp³-hybridized carbons (Fsp3) is 0. The molecule has 0 saturated carbocycles. The van der Waals surface area contributed by atoms with Crippen molar-refractivity contribution in [1.82, 2.24) is 23.9 Å². The molecule has 0 spiro atoms. The first-order valence-corrected chi connectivity index (χ1v) is 19.7. The van der Waals surface area contributed by atoms with Crippen molar-refractivity contribution in [2.24, 2.45) is 0 Å². The van der Waals surface area contributed by atoms with E-state index in [4.69, 9.17) is 15.0 Å². The molecule has 0 fully saturated rings. The van der Waals surface area contributed by atoms with Crippen molar-refractivity contribution in [1.29, 1.82) is 0 Å². The maximum absolute atomic E-state index is 5.19. The van der Waals surface area contributed by atoms with Crippen molar-refractivity contribution in [3.05, 3.63) is 188 Å². The molecule has 0 unspecified atom stereocenters. The molecule has 0 saturated heterocycles. The molecule has 268 valence electrons. The highest BCUT2D eigenvalue weighted by atomic mass is 15.0. The van der Waals surface area contributed by atoms with Crippen LogP contribution >= 0.6 is 0 Å². The van der Waals surface area contributed by atoms with Gasteiger partial charge in [0.1, 0.15) is 11.2 Å². The number of benzene rings is 8. The number of hydrogen-bond acceptors (Lipinski definition) is 3. The largest absolute Gasteiger partial charge is 0.309 e. The molecular formula is C53H31N5. The normalized spacial score (nSPS) is 12.1. The van der Waals surface area contributed by atoms with Crippen LogP contribution in [0.4, 0.5) is 0 Å². The van der Waals surface area contributed by atoms with E-state index in [1.165, 1.54) is 70.7 Å². The molecule has 0 bridgehead atoms. The van der Waals surface area contributed by atoms with Gasteiger partial charge in [0.15, 0.2) is 5.82 Å². The molecule has 5 heteroatoms. The van der Waals surface area contributed by atoms with Gasteiger partial charge in [-0.15, -0.1) is 0 Å².